The van der Waals surface area contributed by atoms with Gasteiger partial charge in [0, 0.05) is 17.8 Å². The van der Waals surface area contributed by atoms with Crippen LogP contribution in [0.2, 0.25) is 0 Å². The van der Waals surface area contributed by atoms with Gasteiger partial charge in [-0.1, -0.05) is 30.3 Å². The second-order valence-corrected chi connectivity index (χ2v) is 6.43. The van der Waals surface area contributed by atoms with E-state index in [4.69, 9.17) is 0 Å². The number of amides is 1. The maximum atomic E-state index is 11.8. The summed E-state index contributed by atoms with van der Waals surface area (Å²) in [5.41, 5.74) is 1.27. The van der Waals surface area contributed by atoms with Crippen molar-refractivity contribution in [2.24, 2.45) is 0 Å². The van der Waals surface area contributed by atoms with Gasteiger partial charge in [-0.15, -0.1) is 11.3 Å². The van der Waals surface area contributed by atoms with Gasteiger partial charge in [0.15, 0.2) is 5.78 Å². The van der Waals surface area contributed by atoms with Crippen LogP contribution in [0.4, 0.5) is 0 Å². The van der Waals surface area contributed by atoms with E-state index in [1.54, 1.807) is 6.92 Å². The average molecular weight is 315 g/mol. The first-order valence-corrected chi connectivity index (χ1v) is 8.37. The summed E-state index contributed by atoms with van der Waals surface area (Å²) in [7, 11) is 0. The molecule has 22 heavy (non-hydrogen) atoms. The van der Waals surface area contributed by atoms with Gasteiger partial charge >= 0.3 is 0 Å². The number of carbonyl (C=O) groups is 2. The second kappa shape index (κ2) is 8.49. The first-order chi connectivity index (χ1) is 10.6. The standard InChI is InChI=1S/C18H21NO2S/c1-14(20)17-11-10-16(22-17)12-13-19-18(21)9-5-8-15-6-3-2-4-7-15/h2-4,6-7,10-11H,5,8-9,12-13H2,1H3,(H,19,21). The SMILES string of the molecule is CC(=O)c1ccc(CCNC(=O)CCCc2ccccc2)s1. The van der Waals surface area contributed by atoms with Crippen molar-refractivity contribution in [1.29, 1.82) is 0 Å². The van der Waals surface area contributed by atoms with E-state index in [0.717, 1.165) is 29.0 Å². The van der Waals surface area contributed by atoms with Gasteiger partial charge in [0.1, 0.15) is 0 Å². The molecule has 1 aromatic heterocycles. The lowest BCUT2D eigenvalue weighted by molar-refractivity contribution is -0.121. The van der Waals surface area contributed by atoms with Gasteiger partial charge in [-0.05, 0) is 43.9 Å². The fraction of sp³-hybridized carbons (Fsp3) is 0.333. The van der Waals surface area contributed by atoms with Crippen LogP contribution in [0.15, 0.2) is 42.5 Å². The molecule has 0 atom stereocenters. The van der Waals surface area contributed by atoms with Crippen molar-refractivity contribution in [2.75, 3.05) is 6.54 Å². The highest BCUT2D eigenvalue weighted by Crippen LogP contribution is 2.17. The Kier molecular flexibility index (Phi) is 6.34. The maximum absolute atomic E-state index is 11.8. The van der Waals surface area contributed by atoms with E-state index in [1.165, 1.54) is 16.9 Å². The first kappa shape index (κ1) is 16.4. The largest absolute Gasteiger partial charge is 0.356 e. The molecular formula is C18H21NO2S. The summed E-state index contributed by atoms with van der Waals surface area (Å²) in [5, 5.41) is 2.94. The summed E-state index contributed by atoms with van der Waals surface area (Å²) in [6.07, 6.45) is 3.13. The van der Waals surface area contributed by atoms with E-state index in [1.807, 2.05) is 30.3 Å². The molecule has 0 aliphatic rings. The van der Waals surface area contributed by atoms with Gasteiger partial charge in [-0.2, -0.15) is 0 Å². The summed E-state index contributed by atoms with van der Waals surface area (Å²) in [5.74, 6) is 0.195. The number of thiophene rings is 1. The van der Waals surface area contributed by atoms with E-state index in [2.05, 4.69) is 17.4 Å². The third kappa shape index (κ3) is 5.45. The fourth-order valence-electron chi connectivity index (χ4n) is 2.21. The highest BCUT2D eigenvalue weighted by molar-refractivity contribution is 7.14. The molecule has 0 fully saturated rings. The number of benzene rings is 1. The van der Waals surface area contributed by atoms with Crippen molar-refractivity contribution in [1.82, 2.24) is 5.32 Å². The Bertz CT molecular complexity index is 619. The molecule has 2 rings (SSSR count). The molecule has 0 spiro atoms. The summed E-state index contributed by atoms with van der Waals surface area (Å²) in [6.45, 7) is 2.20. The molecule has 0 radical (unpaired) electrons. The quantitative estimate of drug-likeness (QED) is 0.756. The summed E-state index contributed by atoms with van der Waals surface area (Å²) in [6, 6.07) is 14.0. The molecule has 0 bridgehead atoms. The highest BCUT2D eigenvalue weighted by Gasteiger charge is 2.05. The number of nitrogens with one attached hydrogen (secondary N) is 1. The molecule has 0 unspecified atom stereocenters. The Hall–Kier alpha value is -1.94. The predicted molar refractivity (Wildman–Crippen MR) is 90.4 cm³/mol. The van der Waals surface area contributed by atoms with Gasteiger partial charge in [0.2, 0.25) is 5.91 Å². The van der Waals surface area contributed by atoms with E-state index < -0.39 is 0 Å². The smallest absolute Gasteiger partial charge is 0.220 e. The topological polar surface area (TPSA) is 46.2 Å². The Labute approximate surface area is 135 Å². The molecule has 2 aromatic rings. The Morgan fingerprint density at radius 3 is 2.50 bits per heavy atom. The summed E-state index contributed by atoms with van der Waals surface area (Å²) in [4.78, 5) is 24.9. The average Bonchev–Trinajstić information content (AvgIpc) is 2.97. The van der Waals surface area contributed by atoms with Crippen molar-refractivity contribution >= 4 is 23.0 Å². The molecule has 0 saturated carbocycles. The minimum Gasteiger partial charge on any atom is -0.356 e. The van der Waals surface area contributed by atoms with Crippen molar-refractivity contribution < 1.29 is 9.59 Å². The molecule has 0 saturated heterocycles. The van der Waals surface area contributed by atoms with Gasteiger partial charge in [0.25, 0.3) is 0 Å². The van der Waals surface area contributed by atoms with Crippen LogP contribution in [0.25, 0.3) is 0 Å². The zero-order chi connectivity index (χ0) is 15.8. The number of ketones is 1. The van der Waals surface area contributed by atoms with Crippen LogP contribution in [-0.2, 0) is 17.6 Å². The van der Waals surface area contributed by atoms with Gasteiger partial charge in [-0.3, -0.25) is 9.59 Å². The number of Topliss-reactive ketones (excluding diaryl/α,β-unsaturated/α-hetero) is 1. The molecule has 1 amide bonds. The molecule has 0 aliphatic carbocycles. The van der Waals surface area contributed by atoms with E-state index >= 15 is 0 Å². The molecule has 116 valence electrons. The van der Waals surface area contributed by atoms with E-state index in [-0.39, 0.29) is 11.7 Å². The molecular weight excluding hydrogens is 294 g/mol. The summed E-state index contributed by atoms with van der Waals surface area (Å²) < 4.78 is 0. The van der Waals surface area contributed by atoms with Crippen LogP contribution in [0.3, 0.4) is 0 Å². The molecule has 0 aliphatic heterocycles. The number of hydrogen-bond acceptors (Lipinski definition) is 3. The lowest BCUT2D eigenvalue weighted by Crippen LogP contribution is -2.25. The van der Waals surface area contributed by atoms with Gasteiger partial charge in [-0.25, -0.2) is 0 Å². The van der Waals surface area contributed by atoms with Crippen molar-refractivity contribution in [2.45, 2.75) is 32.6 Å². The zero-order valence-corrected chi connectivity index (χ0v) is 13.6. The second-order valence-electron chi connectivity index (χ2n) is 5.26. The van der Waals surface area contributed by atoms with Gasteiger partial charge in [0.05, 0.1) is 4.88 Å². The van der Waals surface area contributed by atoms with Crippen molar-refractivity contribution in [3.63, 3.8) is 0 Å². The Balaban J connectivity index is 1.62. The molecule has 1 aromatic carbocycles. The van der Waals surface area contributed by atoms with Crippen molar-refractivity contribution in [3.05, 3.63) is 57.8 Å². The van der Waals surface area contributed by atoms with E-state index in [0.29, 0.717) is 13.0 Å². The molecule has 1 N–H and O–H groups in total. The van der Waals surface area contributed by atoms with E-state index in [9.17, 15) is 9.59 Å². The lowest BCUT2D eigenvalue weighted by Gasteiger charge is -2.04. The molecule has 4 heteroatoms. The number of hydrogen-bond donors (Lipinski definition) is 1. The monoisotopic (exact) mass is 315 g/mol. The van der Waals surface area contributed by atoms with Gasteiger partial charge < -0.3 is 5.32 Å². The number of aryl methyl sites for hydroxylation is 1. The van der Waals surface area contributed by atoms with Crippen LogP contribution in [0, 0.1) is 0 Å². The minimum atomic E-state index is 0.0966. The molecule has 1 heterocycles. The van der Waals surface area contributed by atoms with Crippen molar-refractivity contribution in [3.8, 4) is 0 Å². The third-order valence-electron chi connectivity index (χ3n) is 3.41. The van der Waals surface area contributed by atoms with Crippen LogP contribution in [0.5, 0.6) is 0 Å². The lowest BCUT2D eigenvalue weighted by atomic mass is 10.1. The fourth-order valence-corrected chi connectivity index (χ4v) is 3.12. The van der Waals surface area contributed by atoms with Crippen LogP contribution in [-0.4, -0.2) is 18.2 Å². The predicted octanol–water partition coefficient (Wildman–Crippen LogP) is 3.63. The minimum absolute atomic E-state index is 0.0966. The Morgan fingerprint density at radius 1 is 1.05 bits per heavy atom. The first-order valence-electron chi connectivity index (χ1n) is 7.55. The molecule has 3 nitrogen and oxygen atoms in total. The third-order valence-corrected chi connectivity index (χ3v) is 4.66. The Morgan fingerprint density at radius 2 is 1.82 bits per heavy atom. The van der Waals surface area contributed by atoms with Crippen LogP contribution < -0.4 is 5.32 Å². The summed E-state index contributed by atoms with van der Waals surface area (Å²) >= 11 is 1.51. The van der Waals surface area contributed by atoms with Crippen LogP contribution in [0.1, 0.15) is 39.9 Å². The maximum Gasteiger partial charge on any atom is 0.220 e. The normalized spacial score (nSPS) is 10.4. The number of carbonyl (C=O) groups excluding carboxylic acids is 2. The van der Waals surface area contributed by atoms with Crippen LogP contribution >= 0.6 is 11.3 Å². The zero-order valence-electron chi connectivity index (χ0n) is 12.8. The number of rotatable bonds is 8. The highest BCUT2D eigenvalue weighted by atomic mass is 32.1.